The fourth-order valence-corrected chi connectivity index (χ4v) is 3.88. The van der Waals surface area contributed by atoms with Gasteiger partial charge in [0, 0.05) is 12.0 Å². The summed E-state index contributed by atoms with van der Waals surface area (Å²) in [4.78, 5) is 3.31. The standard InChI is InChI=1S/C19H30N6/c1-5-17(18-20-21-22-25(18)19(2,3)4)24-13-11-23(12-14-24)15-16-9-7-6-8-10-16/h6-10,17H,5,11-15H2,1-4H3/p+2/t17-/m0/s1. The van der Waals surface area contributed by atoms with Crippen LogP contribution in [0.4, 0.5) is 0 Å². The number of aromatic nitrogens is 4. The Labute approximate surface area is 150 Å². The third-order valence-corrected chi connectivity index (χ3v) is 5.24. The Hall–Kier alpha value is -1.79. The summed E-state index contributed by atoms with van der Waals surface area (Å²) in [6.45, 7) is 14.6. The van der Waals surface area contributed by atoms with Gasteiger partial charge in [0.25, 0.3) is 0 Å². The highest BCUT2D eigenvalue weighted by Crippen LogP contribution is 2.18. The fraction of sp³-hybridized carbons (Fsp3) is 0.632. The summed E-state index contributed by atoms with van der Waals surface area (Å²) in [6.07, 6.45) is 1.07. The summed E-state index contributed by atoms with van der Waals surface area (Å²) in [5, 5.41) is 12.6. The maximum Gasteiger partial charge on any atom is 0.209 e. The Kier molecular flexibility index (Phi) is 5.49. The van der Waals surface area contributed by atoms with Crippen LogP contribution in [0.15, 0.2) is 30.3 Å². The lowest BCUT2D eigenvalue weighted by atomic mass is 10.1. The van der Waals surface area contributed by atoms with Gasteiger partial charge in [-0.25, -0.2) is 4.68 Å². The van der Waals surface area contributed by atoms with Gasteiger partial charge < -0.3 is 9.80 Å². The van der Waals surface area contributed by atoms with Crippen molar-refractivity contribution in [1.82, 2.24) is 20.2 Å². The number of quaternary nitrogens is 2. The molecule has 6 heteroatoms. The van der Waals surface area contributed by atoms with Crippen LogP contribution in [0.5, 0.6) is 0 Å². The molecule has 0 spiro atoms. The lowest BCUT2D eigenvalue weighted by Gasteiger charge is -2.34. The van der Waals surface area contributed by atoms with Gasteiger partial charge in [-0.2, -0.15) is 0 Å². The maximum atomic E-state index is 4.39. The zero-order chi connectivity index (χ0) is 17.9. The van der Waals surface area contributed by atoms with E-state index in [4.69, 9.17) is 0 Å². The largest absolute Gasteiger partial charge is 0.322 e. The fourth-order valence-electron chi connectivity index (χ4n) is 3.88. The van der Waals surface area contributed by atoms with Crippen molar-refractivity contribution in [3.05, 3.63) is 41.7 Å². The van der Waals surface area contributed by atoms with Crippen molar-refractivity contribution >= 4 is 0 Å². The van der Waals surface area contributed by atoms with Crippen LogP contribution < -0.4 is 9.80 Å². The van der Waals surface area contributed by atoms with Gasteiger partial charge in [0.2, 0.25) is 5.82 Å². The lowest BCUT2D eigenvalue weighted by Crippen LogP contribution is -3.27. The number of benzene rings is 1. The molecule has 1 atom stereocenters. The minimum absolute atomic E-state index is 0.0773. The third kappa shape index (κ3) is 4.25. The quantitative estimate of drug-likeness (QED) is 0.794. The normalized spacial score (nSPS) is 22.7. The van der Waals surface area contributed by atoms with Crippen molar-refractivity contribution in [3.63, 3.8) is 0 Å². The SMILES string of the molecule is CC[C@@H](c1nnnn1C(C)(C)C)[NH+]1CC[NH+](Cc2ccccc2)CC1. The molecule has 1 aliphatic heterocycles. The van der Waals surface area contributed by atoms with Crippen LogP contribution in [0.1, 0.15) is 51.5 Å². The molecular weight excluding hydrogens is 312 g/mol. The summed E-state index contributed by atoms with van der Waals surface area (Å²) in [5.41, 5.74) is 1.36. The number of rotatable bonds is 5. The number of nitrogens with one attached hydrogen (secondary N) is 2. The number of piperazine rings is 1. The van der Waals surface area contributed by atoms with Crippen molar-refractivity contribution in [2.45, 2.75) is 52.2 Å². The number of nitrogens with zero attached hydrogens (tertiary/aromatic N) is 4. The first kappa shape index (κ1) is 18.0. The smallest absolute Gasteiger partial charge is 0.209 e. The molecule has 1 aliphatic rings. The Morgan fingerprint density at radius 3 is 2.36 bits per heavy atom. The number of hydrogen-bond acceptors (Lipinski definition) is 3. The van der Waals surface area contributed by atoms with Crippen molar-refractivity contribution < 1.29 is 9.80 Å². The molecular formula is C19H32N6+2. The molecule has 6 nitrogen and oxygen atoms in total. The van der Waals surface area contributed by atoms with Crippen molar-refractivity contribution in [3.8, 4) is 0 Å². The van der Waals surface area contributed by atoms with Crippen LogP contribution in [0.25, 0.3) is 0 Å². The number of tetrazole rings is 1. The summed E-state index contributed by atoms with van der Waals surface area (Å²) < 4.78 is 2.01. The second kappa shape index (κ2) is 7.62. The second-order valence-electron chi connectivity index (χ2n) is 8.15. The van der Waals surface area contributed by atoms with Gasteiger partial charge >= 0.3 is 0 Å². The van der Waals surface area contributed by atoms with Crippen molar-refractivity contribution in [2.75, 3.05) is 26.2 Å². The molecule has 136 valence electrons. The Morgan fingerprint density at radius 2 is 1.76 bits per heavy atom. The highest BCUT2D eigenvalue weighted by Gasteiger charge is 2.34. The predicted molar refractivity (Wildman–Crippen MR) is 97.4 cm³/mol. The van der Waals surface area contributed by atoms with Gasteiger partial charge in [-0.15, -0.1) is 5.10 Å². The van der Waals surface area contributed by atoms with E-state index in [-0.39, 0.29) is 5.54 Å². The Balaban J connectivity index is 1.64. The molecule has 1 saturated heterocycles. The zero-order valence-corrected chi connectivity index (χ0v) is 16.0. The summed E-state index contributed by atoms with van der Waals surface area (Å²) >= 11 is 0. The second-order valence-corrected chi connectivity index (χ2v) is 8.15. The highest BCUT2D eigenvalue weighted by atomic mass is 15.6. The maximum absolute atomic E-state index is 4.39. The predicted octanol–water partition coefficient (Wildman–Crippen LogP) is -0.137. The van der Waals surface area contributed by atoms with Crippen LogP contribution >= 0.6 is 0 Å². The van der Waals surface area contributed by atoms with Gasteiger partial charge in [-0.1, -0.05) is 37.3 Å². The van der Waals surface area contributed by atoms with Gasteiger partial charge in [-0.3, -0.25) is 0 Å². The van der Waals surface area contributed by atoms with Crippen LogP contribution in [-0.4, -0.2) is 46.4 Å². The lowest BCUT2D eigenvalue weighted by molar-refractivity contribution is -1.03. The van der Waals surface area contributed by atoms with Crippen LogP contribution in [0.2, 0.25) is 0 Å². The molecule has 1 aromatic heterocycles. The van der Waals surface area contributed by atoms with Gasteiger partial charge in [0.15, 0.2) is 0 Å². The zero-order valence-electron chi connectivity index (χ0n) is 16.0. The van der Waals surface area contributed by atoms with E-state index in [0.717, 1.165) is 18.8 Å². The molecule has 25 heavy (non-hydrogen) atoms. The molecule has 0 saturated carbocycles. The Bertz CT molecular complexity index is 652. The first-order valence-electron chi connectivity index (χ1n) is 9.50. The summed E-state index contributed by atoms with van der Waals surface area (Å²) in [6, 6.07) is 11.2. The van der Waals surface area contributed by atoms with E-state index in [2.05, 4.69) is 73.6 Å². The average Bonchev–Trinajstić information content (AvgIpc) is 3.08. The molecule has 0 amide bonds. The van der Waals surface area contributed by atoms with E-state index in [9.17, 15) is 0 Å². The first-order valence-corrected chi connectivity index (χ1v) is 9.50. The first-order chi connectivity index (χ1) is 12.0. The minimum atomic E-state index is -0.0773. The molecule has 2 heterocycles. The van der Waals surface area contributed by atoms with Crippen LogP contribution in [0.3, 0.4) is 0 Å². The van der Waals surface area contributed by atoms with E-state index in [1.807, 2.05) is 4.68 Å². The van der Waals surface area contributed by atoms with E-state index in [0.29, 0.717) is 6.04 Å². The molecule has 1 fully saturated rings. The molecule has 1 aromatic carbocycles. The molecule has 2 aromatic rings. The molecule has 0 unspecified atom stereocenters. The monoisotopic (exact) mass is 344 g/mol. The minimum Gasteiger partial charge on any atom is -0.322 e. The third-order valence-electron chi connectivity index (χ3n) is 5.24. The number of hydrogen-bond donors (Lipinski definition) is 2. The molecule has 0 aliphatic carbocycles. The topological polar surface area (TPSA) is 52.5 Å². The Morgan fingerprint density at radius 1 is 1.08 bits per heavy atom. The molecule has 3 rings (SSSR count). The van der Waals surface area contributed by atoms with Crippen molar-refractivity contribution in [2.24, 2.45) is 0 Å². The van der Waals surface area contributed by atoms with Gasteiger partial charge in [0.1, 0.15) is 38.8 Å². The van der Waals surface area contributed by atoms with E-state index in [1.54, 1.807) is 9.80 Å². The highest BCUT2D eigenvalue weighted by molar-refractivity contribution is 5.13. The van der Waals surface area contributed by atoms with E-state index in [1.165, 1.54) is 31.7 Å². The van der Waals surface area contributed by atoms with Crippen LogP contribution in [0, 0.1) is 0 Å². The van der Waals surface area contributed by atoms with Crippen LogP contribution in [-0.2, 0) is 12.1 Å². The van der Waals surface area contributed by atoms with Gasteiger partial charge in [0.05, 0.1) is 5.54 Å². The van der Waals surface area contributed by atoms with Gasteiger partial charge in [-0.05, 0) is 31.2 Å². The molecule has 0 radical (unpaired) electrons. The molecule has 0 bridgehead atoms. The average molecular weight is 345 g/mol. The van der Waals surface area contributed by atoms with Crippen molar-refractivity contribution in [1.29, 1.82) is 0 Å². The molecule has 2 N–H and O–H groups in total. The van der Waals surface area contributed by atoms with E-state index >= 15 is 0 Å². The summed E-state index contributed by atoms with van der Waals surface area (Å²) in [5.74, 6) is 1.04. The van der Waals surface area contributed by atoms with E-state index < -0.39 is 0 Å². The summed E-state index contributed by atoms with van der Waals surface area (Å²) in [7, 11) is 0.